The van der Waals surface area contributed by atoms with Crippen LogP contribution in [0.25, 0.3) is 0 Å². The van der Waals surface area contributed by atoms with Crippen molar-refractivity contribution in [1.82, 2.24) is 4.90 Å². The number of carboxylic acids is 1. The molecule has 5 nitrogen and oxygen atoms in total. The molecule has 0 aromatic heterocycles. The molecule has 1 rings (SSSR count). The van der Waals surface area contributed by atoms with Crippen molar-refractivity contribution < 1.29 is 19.8 Å². The van der Waals surface area contributed by atoms with Gasteiger partial charge in [0.15, 0.2) is 0 Å². The third-order valence-corrected chi connectivity index (χ3v) is 2.79. The molecule has 19 heavy (non-hydrogen) atoms. The van der Waals surface area contributed by atoms with Crippen molar-refractivity contribution in [2.24, 2.45) is 0 Å². The fraction of sp³-hybridized carbons (Fsp3) is 0.429. The van der Waals surface area contributed by atoms with Crippen LogP contribution < -0.4 is 0 Å². The van der Waals surface area contributed by atoms with Crippen LogP contribution in [0.1, 0.15) is 31.2 Å². The number of hydrogen-bond donors (Lipinski definition) is 2. The van der Waals surface area contributed by atoms with Crippen LogP contribution in [-0.4, -0.2) is 34.0 Å². The third kappa shape index (κ3) is 5.90. The van der Waals surface area contributed by atoms with Crippen molar-refractivity contribution in [3.05, 3.63) is 29.8 Å². The molecule has 0 fully saturated rings. The Labute approximate surface area is 112 Å². The van der Waals surface area contributed by atoms with E-state index < -0.39 is 5.97 Å². The molecule has 0 saturated carbocycles. The minimum Gasteiger partial charge on any atom is -0.508 e. The molecule has 0 saturated heterocycles. The number of phenolic OH excluding ortho intramolecular Hbond substituents is 1. The van der Waals surface area contributed by atoms with Gasteiger partial charge < -0.3 is 15.1 Å². The van der Waals surface area contributed by atoms with E-state index in [9.17, 15) is 14.7 Å². The quantitative estimate of drug-likeness (QED) is 0.739. The van der Waals surface area contributed by atoms with E-state index in [1.165, 1.54) is 0 Å². The lowest BCUT2D eigenvalue weighted by molar-refractivity contribution is -0.137. The molecule has 0 aliphatic carbocycles. The maximum absolute atomic E-state index is 11.8. The first kappa shape index (κ1) is 15.0. The Morgan fingerprint density at radius 2 is 1.89 bits per heavy atom. The number of aromatic hydroxyl groups is 1. The summed E-state index contributed by atoms with van der Waals surface area (Å²) in [6.45, 7) is 0.437. The van der Waals surface area contributed by atoms with Gasteiger partial charge in [0.2, 0.25) is 5.91 Å². The van der Waals surface area contributed by atoms with E-state index in [1.54, 1.807) is 30.1 Å². The fourth-order valence-electron chi connectivity index (χ4n) is 1.76. The molecule has 104 valence electrons. The maximum Gasteiger partial charge on any atom is 0.303 e. The number of aliphatic carboxylic acids is 1. The predicted octanol–water partition coefficient (Wildman–Crippen LogP) is 2.00. The Morgan fingerprint density at radius 1 is 1.21 bits per heavy atom. The second-order valence-corrected chi connectivity index (χ2v) is 4.52. The molecule has 0 aliphatic rings. The number of carbonyl (C=O) groups is 2. The van der Waals surface area contributed by atoms with Gasteiger partial charge in [0.05, 0.1) is 0 Å². The Morgan fingerprint density at radius 3 is 2.53 bits per heavy atom. The third-order valence-electron chi connectivity index (χ3n) is 2.79. The van der Waals surface area contributed by atoms with Crippen molar-refractivity contribution in [3.8, 4) is 5.75 Å². The zero-order valence-corrected chi connectivity index (χ0v) is 11.0. The highest BCUT2D eigenvalue weighted by Crippen LogP contribution is 2.13. The summed E-state index contributed by atoms with van der Waals surface area (Å²) in [6.07, 6.45) is 1.54. The molecule has 2 N–H and O–H groups in total. The van der Waals surface area contributed by atoms with E-state index in [0.29, 0.717) is 25.8 Å². The standard InChI is InChI=1S/C14H19NO4/c1-15(10-11-5-4-6-12(16)9-11)13(17)7-2-3-8-14(18)19/h4-6,9,16H,2-3,7-8,10H2,1H3,(H,18,19). The summed E-state index contributed by atoms with van der Waals surface area (Å²) in [4.78, 5) is 23.7. The number of phenols is 1. The van der Waals surface area contributed by atoms with Crippen LogP contribution in [0.15, 0.2) is 24.3 Å². The smallest absolute Gasteiger partial charge is 0.303 e. The van der Waals surface area contributed by atoms with E-state index >= 15 is 0 Å². The van der Waals surface area contributed by atoms with E-state index in [1.807, 2.05) is 6.07 Å². The summed E-state index contributed by atoms with van der Waals surface area (Å²) in [6, 6.07) is 6.77. The van der Waals surface area contributed by atoms with Crippen LogP contribution in [-0.2, 0) is 16.1 Å². The van der Waals surface area contributed by atoms with Crippen LogP contribution >= 0.6 is 0 Å². The summed E-state index contributed by atoms with van der Waals surface area (Å²) in [7, 11) is 1.70. The number of unbranched alkanes of at least 4 members (excludes halogenated alkanes) is 1. The normalized spacial score (nSPS) is 10.2. The lowest BCUT2D eigenvalue weighted by atomic mass is 10.1. The topological polar surface area (TPSA) is 77.8 Å². The van der Waals surface area contributed by atoms with Crippen molar-refractivity contribution in [3.63, 3.8) is 0 Å². The number of rotatable bonds is 7. The Kier molecular flexibility index (Phi) is 5.85. The molecule has 1 amide bonds. The van der Waals surface area contributed by atoms with E-state index in [0.717, 1.165) is 5.56 Å². The summed E-state index contributed by atoms with van der Waals surface area (Å²) in [5.74, 6) is -0.672. The second-order valence-electron chi connectivity index (χ2n) is 4.52. The van der Waals surface area contributed by atoms with Gasteiger partial charge in [-0.1, -0.05) is 12.1 Å². The van der Waals surface area contributed by atoms with Gasteiger partial charge in [-0.15, -0.1) is 0 Å². The summed E-state index contributed by atoms with van der Waals surface area (Å²) in [5.41, 5.74) is 0.862. The minimum atomic E-state index is -0.833. The predicted molar refractivity (Wildman–Crippen MR) is 70.7 cm³/mol. The molecule has 1 aromatic carbocycles. The fourth-order valence-corrected chi connectivity index (χ4v) is 1.76. The van der Waals surface area contributed by atoms with E-state index in [-0.39, 0.29) is 18.1 Å². The second kappa shape index (κ2) is 7.41. The molecule has 0 unspecified atom stereocenters. The molecule has 0 bridgehead atoms. The van der Waals surface area contributed by atoms with Crippen molar-refractivity contribution in [2.45, 2.75) is 32.2 Å². The zero-order chi connectivity index (χ0) is 14.3. The van der Waals surface area contributed by atoms with E-state index in [4.69, 9.17) is 5.11 Å². The highest BCUT2D eigenvalue weighted by atomic mass is 16.4. The van der Waals surface area contributed by atoms with Crippen molar-refractivity contribution in [1.29, 1.82) is 0 Å². The van der Waals surface area contributed by atoms with Crippen LogP contribution in [0.2, 0.25) is 0 Å². The largest absolute Gasteiger partial charge is 0.508 e. The van der Waals surface area contributed by atoms with Gasteiger partial charge >= 0.3 is 5.97 Å². The average molecular weight is 265 g/mol. The number of amides is 1. The average Bonchev–Trinajstić information content (AvgIpc) is 2.34. The number of benzene rings is 1. The first-order valence-corrected chi connectivity index (χ1v) is 6.22. The van der Waals surface area contributed by atoms with Crippen LogP contribution in [0.4, 0.5) is 0 Å². The Balaban J connectivity index is 2.34. The lowest BCUT2D eigenvalue weighted by Crippen LogP contribution is -2.25. The minimum absolute atomic E-state index is 0.0197. The van der Waals surface area contributed by atoms with Crippen molar-refractivity contribution in [2.75, 3.05) is 7.05 Å². The molecule has 1 aromatic rings. The van der Waals surface area contributed by atoms with Gasteiger partial charge in [0.25, 0.3) is 0 Å². The monoisotopic (exact) mass is 265 g/mol. The maximum atomic E-state index is 11.8. The molecular weight excluding hydrogens is 246 g/mol. The summed E-state index contributed by atoms with van der Waals surface area (Å²) >= 11 is 0. The van der Waals surface area contributed by atoms with Crippen LogP contribution in [0.5, 0.6) is 5.75 Å². The first-order valence-electron chi connectivity index (χ1n) is 6.22. The number of carboxylic acid groups (broad SMARTS) is 1. The van der Waals surface area contributed by atoms with Gasteiger partial charge in [-0.05, 0) is 30.5 Å². The summed E-state index contributed by atoms with van der Waals surface area (Å²) < 4.78 is 0. The van der Waals surface area contributed by atoms with Crippen molar-refractivity contribution >= 4 is 11.9 Å². The summed E-state index contributed by atoms with van der Waals surface area (Å²) in [5, 5.41) is 17.8. The number of nitrogens with zero attached hydrogens (tertiary/aromatic N) is 1. The lowest BCUT2D eigenvalue weighted by Gasteiger charge is -2.17. The molecule has 0 spiro atoms. The van der Waals surface area contributed by atoms with Crippen LogP contribution in [0.3, 0.4) is 0 Å². The van der Waals surface area contributed by atoms with Gasteiger partial charge in [0, 0.05) is 26.4 Å². The van der Waals surface area contributed by atoms with Gasteiger partial charge in [-0.3, -0.25) is 9.59 Å². The van der Waals surface area contributed by atoms with Crippen LogP contribution in [0, 0.1) is 0 Å². The SMILES string of the molecule is CN(Cc1cccc(O)c1)C(=O)CCCCC(=O)O. The molecule has 0 heterocycles. The molecule has 0 aliphatic heterocycles. The van der Waals surface area contributed by atoms with Gasteiger partial charge in [-0.25, -0.2) is 0 Å². The zero-order valence-electron chi connectivity index (χ0n) is 11.0. The van der Waals surface area contributed by atoms with E-state index in [2.05, 4.69) is 0 Å². The van der Waals surface area contributed by atoms with Gasteiger partial charge in [0.1, 0.15) is 5.75 Å². The molecular formula is C14H19NO4. The number of hydrogen-bond acceptors (Lipinski definition) is 3. The Hall–Kier alpha value is -2.04. The first-order chi connectivity index (χ1) is 8.99. The van der Waals surface area contributed by atoms with Gasteiger partial charge in [-0.2, -0.15) is 0 Å². The molecule has 0 radical (unpaired) electrons. The highest BCUT2D eigenvalue weighted by molar-refractivity contribution is 5.76. The Bertz CT molecular complexity index is 445. The highest BCUT2D eigenvalue weighted by Gasteiger charge is 2.09. The molecule has 0 atom stereocenters. The molecule has 5 heteroatoms. The number of carbonyl (C=O) groups excluding carboxylic acids is 1.